The van der Waals surface area contributed by atoms with Crippen molar-refractivity contribution in [2.45, 2.75) is 63.6 Å². The van der Waals surface area contributed by atoms with E-state index in [1.807, 2.05) is 0 Å². The molecule has 3 rings (SSSR count). The van der Waals surface area contributed by atoms with Gasteiger partial charge in [0.05, 0.1) is 6.10 Å². The minimum atomic E-state index is -4.55. The van der Waals surface area contributed by atoms with Crippen LogP contribution >= 0.6 is 19.3 Å². The Morgan fingerprint density at radius 1 is 1.37 bits per heavy atom. The highest BCUT2D eigenvalue weighted by Gasteiger charge is 2.64. The van der Waals surface area contributed by atoms with Gasteiger partial charge in [0.25, 0.3) is 11.8 Å². The number of esters is 1. The van der Waals surface area contributed by atoms with Crippen molar-refractivity contribution in [3.63, 3.8) is 0 Å². The smallest absolute Gasteiger partial charge is 0.459 e. The Balaban J connectivity index is 1.83. The molecule has 0 aromatic heterocycles. The predicted octanol–water partition coefficient (Wildman–Crippen LogP) is 2.32. The molecule has 1 saturated heterocycles. The van der Waals surface area contributed by atoms with Gasteiger partial charge in [0.2, 0.25) is 0 Å². The van der Waals surface area contributed by atoms with Gasteiger partial charge in [-0.2, -0.15) is 5.09 Å². The lowest BCUT2D eigenvalue weighted by Gasteiger charge is -2.36. The lowest BCUT2D eigenvalue weighted by Crippen LogP contribution is -2.54. The van der Waals surface area contributed by atoms with Gasteiger partial charge in [-0.1, -0.05) is 18.2 Å². The molecule has 2 aliphatic rings. The van der Waals surface area contributed by atoms with Gasteiger partial charge >= 0.3 is 13.7 Å². The van der Waals surface area contributed by atoms with Crippen LogP contribution in [0.5, 0.6) is 5.75 Å². The van der Waals surface area contributed by atoms with Crippen molar-refractivity contribution in [3.8, 4) is 5.75 Å². The van der Waals surface area contributed by atoms with Crippen molar-refractivity contribution in [2.24, 2.45) is 0 Å². The molecule has 1 amide bonds. The molecule has 2 unspecified atom stereocenters. The topological polar surface area (TPSA) is 156 Å². The zero-order valence-corrected chi connectivity index (χ0v) is 22.7. The molecule has 1 fully saturated rings. The van der Waals surface area contributed by atoms with E-state index in [0.29, 0.717) is 5.02 Å². The Morgan fingerprint density at radius 3 is 2.58 bits per heavy atom. The van der Waals surface area contributed by atoms with Gasteiger partial charge in [0.1, 0.15) is 35.9 Å². The molecule has 0 spiro atoms. The van der Waals surface area contributed by atoms with Crippen LogP contribution in [0, 0.1) is 0 Å². The highest BCUT2D eigenvalue weighted by Crippen LogP contribution is 2.49. The third-order valence-electron chi connectivity index (χ3n) is 5.52. The van der Waals surface area contributed by atoms with E-state index in [1.54, 1.807) is 13.8 Å². The first-order valence-corrected chi connectivity index (χ1v) is 13.4. The van der Waals surface area contributed by atoms with Gasteiger partial charge in [0, 0.05) is 17.3 Å². The second kappa shape index (κ2) is 11.3. The highest BCUT2D eigenvalue weighted by molar-refractivity contribution is 7.52. The first-order chi connectivity index (χ1) is 17.6. The van der Waals surface area contributed by atoms with E-state index in [0.717, 1.165) is 17.9 Å². The van der Waals surface area contributed by atoms with Crippen LogP contribution in [0.1, 0.15) is 27.7 Å². The van der Waals surface area contributed by atoms with Crippen LogP contribution in [0.3, 0.4) is 0 Å². The van der Waals surface area contributed by atoms with E-state index in [4.69, 9.17) is 30.1 Å². The summed E-state index contributed by atoms with van der Waals surface area (Å²) in [6.07, 6.45) is -1.98. The van der Waals surface area contributed by atoms with Gasteiger partial charge in [-0.15, -0.1) is 0 Å². The average Bonchev–Trinajstić information content (AvgIpc) is 2.99. The van der Waals surface area contributed by atoms with Crippen molar-refractivity contribution in [1.29, 1.82) is 0 Å². The van der Waals surface area contributed by atoms with Crippen molar-refractivity contribution < 1.29 is 47.3 Å². The van der Waals surface area contributed by atoms with Crippen LogP contribution in [-0.2, 0) is 28.2 Å². The van der Waals surface area contributed by atoms with E-state index in [2.05, 4.69) is 17.0 Å². The van der Waals surface area contributed by atoms with Gasteiger partial charge < -0.3 is 34.4 Å². The number of carbonyl (C=O) groups excluding carboxylic acids is 2. The molecular weight excluding hydrogens is 548 g/mol. The SMILES string of the molecule is C=C1NC(=O)C=CN1[C@@H]1O[C@](F)(COP(=O)(NC(C)C(=O)OC(C)C)Oc2ccc(Cl)cc2)[C@@H](O)[C@@]1(C)O. The Morgan fingerprint density at radius 2 is 2.00 bits per heavy atom. The number of amides is 1. The van der Waals surface area contributed by atoms with Crippen molar-refractivity contribution in [2.75, 3.05) is 6.61 Å². The highest BCUT2D eigenvalue weighted by atomic mass is 35.5. The van der Waals surface area contributed by atoms with Crippen molar-refractivity contribution >= 4 is 31.2 Å². The third kappa shape index (κ3) is 6.73. The van der Waals surface area contributed by atoms with E-state index in [1.165, 1.54) is 37.4 Å². The number of ether oxygens (including phenoxy) is 2. The molecule has 12 nitrogen and oxygen atoms in total. The number of hydrogen-bond acceptors (Lipinski definition) is 10. The summed E-state index contributed by atoms with van der Waals surface area (Å²) in [4.78, 5) is 25.0. The maximum atomic E-state index is 16.0. The van der Waals surface area contributed by atoms with E-state index in [-0.39, 0.29) is 11.6 Å². The van der Waals surface area contributed by atoms with Crippen LogP contribution < -0.4 is 14.9 Å². The van der Waals surface area contributed by atoms with Gasteiger partial charge in [-0.05, 0) is 52.0 Å². The summed E-state index contributed by atoms with van der Waals surface area (Å²) >= 11 is 5.87. The summed E-state index contributed by atoms with van der Waals surface area (Å²) in [6, 6.07) is 4.40. The number of nitrogens with zero attached hydrogens (tertiary/aromatic N) is 1. The van der Waals surface area contributed by atoms with Gasteiger partial charge in [-0.3, -0.25) is 14.1 Å². The van der Waals surface area contributed by atoms with E-state index in [9.17, 15) is 24.4 Å². The van der Waals surface area contributed by atoms with Crippen LogP contribution in [0.15, 0.2) is 48.9 Å². The van der Waals surface area contributed by atoms with Crippen molar-refractivity contribution in [1.82, 2.24) is 15.3 Å². The van der Waals surface area contributed by atoms with Gasteiger partial charge in [-0.25, -0.2) is 8.96 Å². The lowest BCUT2D eigenvalue weighted by molar-refractivity contribution is -0.206. The largest absolute Gasteiger partial charge is 0.462 e. The Kier molecular flexibility index (Phi) is 8.94. The van der Waals surface area contributed by atoms with Crippen LogP contribution in [-0.4, -0.2) is 69.5 Å². The predicted molar refractivity (Wildman–Crippen MR) is 133 cm³/mol. The summed E-state index contributed by atoms with van der Waals surface area (Å²) in [6.45, 7) is 8.10. The van der Waals surface area contributed by atoms with Crippen LogP contribution in [0.2, 0.25) is 5.02 Å². The molecule has 0 bridgehead atoms. The van der Waals surface area contributed by atoms with Crippen LogP contribution in [0.25, 0.3) is 0 Å². The number of halogens is 2. The number of aliphatic hydroxyl groups is 2. The van der Waals surface area contributed by atoms with E-state index < -0.39 is 62.2 Å². The lowest BCUT2D eigenvalue weighted by atomic mass is 9.95. The molecule has 38 heavy (non-hydrogen) atoms. The standard InChI is InChI=1S/C23H30ClFN3O9P/c1-13(2)35-19(30)14(3)27-38(33,37-17-8-6-16(24)7-9-17)34-12-23(25)20(31)22(5,32)21(36-23)28-11-10-18(29)26-15(28)4/h6-11,13-14,20-21,31-32H,4,12H2,1-3,5H3,(H,26,29)(H,27,33)/t14?,20-,21+,22+,23+,38?/m0/s1. The Labute approximate surface area is 223 Å². The second-order valence-corrected chi connectivity index (χ2v) is 11.3. The first kappa shape index (κ1) is 30.0. The first-order valence-electron chi connectivity index (χ1n) is 11.5. The van der Waals surface area contributed by atoms with E-state index >= 15 is 4.39 Å². The molecule has 0 saturated carbocycles. The molecule has 6 atom stereocenters. The molecule has 1 aromatic rings. The minimum absolute atomic E-state index is 0.00539. The maximum Gasteiger partial charge on any atom is 0.459 e. The summed E-state index contributed by atoms with van der Waals surface area (Å²) in [7, 11) is -4.55. The Bertz CT molecular complexity index is 1150. The number of carbonyl (C=O) groups is 2. The molecule has 15 heteroatoms. The quantitative estimate of drug-likeness (QED) is 0.239. The summed E-state index contributed by atoms with van der Waals surface area (Å²) < 4.78 is 50.8. The fraction of sp³-hybridized carbons (Fsp3) is 0.478. The number of alkyl halides is 1. The fourth-order valence-corrected chi connectivity index (χ4v) is 5.25. The summed E-state index contributed by atoms with van der Waals surface area (Å²) in [5.41, 5.74) is -2.25. The number of aliphatic hydroxyl groups excluding tert-OH is 1. The maximum absolute atomic E-state index is 16.0. The molecule has 0 radical (unpaired) electrons. The summed E-state index contributed by atoms with van der Waals surface area (Å²) in [5.74, 6) is -4.44. The fourth-order valence-electron chi connectivity index (χ4n) is 3.62. The molecule has 1 aromatic carbocycles. The normalized spacial score (nSPS) is 29.7. The molecule has 4 N–H and O–H groups in total. The van der Waals surface area contributed by atoms with Crippen molar-refractivity contribution in [3.05, 3.63) is 54.0 Å². The summed E-state index contributed by atoms with van der Waals surface area (Å²) in [5, 5.41) is 26.7. The molecule has 2 heterocycles. The second-order valence-electron chi connectivity index (χ2n) is 9.20. The minimum Gasteiger partial charge on any atom is -0.462 e. The third-order valence-corrected chi connectivity index (χ3v) is 7.39. The van der Waals surface area contributed by atoms with Gasteiger partial charge in [0.15, 0.2) is 6.23 Å². The molecule has 2 aliphatic heterocycles. The number of hydrogen-bond donors (Lipinski definition) is 4. The Hall–Kier alpha value is -2.51. The zero-order valence-electron chi connectivity index (χ0n) is 21.1. The molecule has 0 aliphatic carbocycles. The molecular formula is C23H30ClFN3O9P. The zero-order chi connectivity index (χ0) is 28.5. The average molecular weight is 578 g/mol. The number of nitrogens with one attached hydrogen (secondary N) is 2. The van der Waals surface area contributed by atoms with Crippen LogP contribution in [0.4, 0.5) is 4.39 Å². The number of benzene rings is 1. The monoisotopic (exact) mass is 577 g/mol. The molecule has 210 valence electrons. The number of rotatable bonds is 10.